The van der Waals surface area contributed by atoms with Crippen molar-refractivity contribution in [3.8, 4) is 0 Å². The first kappa shape index (κ1) is 12.6. The molecule has 0 amide bonds. The molecule has 0 saturated carbocycles. The molecule has 2 aromatic carbocycles. The SMILES string of the molecule is C[C@H](O)c1ccc(N(C)c2ccccc2)c(F)c1. The van der Waals surface area contributed by atoms with Crippen LogP contribution in [-0.4, -0.2) is 12.2 Å². The number of benzene rings is 2. The van der Waals surface area contributed by atoms with Crippen molar-refractivity contribution >= 4 is 11.4 Å². The molecule has 3 heteroatoms. The van der Waals surface area contributed by atoms with Crippen LogP contribution in [-0.2, 0) is 0 Å². The van der Waals surface area contributed by atoms with E-state index in [9.17, 15) is 9.50 Å². The fraction of sp³-hybridized carbons (Fsp3) is 0.200. The van der Waals surface area contributed by atoms with E-state index in [0.29, 0.717) is 11.3 Å². The highest BCUT2D eigenvalue weighted by molar-refractivity contribution is 5.63. The van der Waals surface area contributed by atoms with Gasteiger partial charge in [-0.25, -0.2) is 4.39 Å². The first-order valence-electron chi connectivity index (χ1n) is 5.86. The van der Waals surface area contributed by atoms with Crippen LogP contribution in [0.15, 0.2) is 48.5 Å². The van der Waals surface area contributed by atoms with Gasteiger partial charge in [0.25, 0.3) is 0 Å². The molecule has 1 N–H and O–H groups in total. The van der Waals surface area contributed by atoms with Gasteiger partial charge in [0, 0.05) is 12.7 Å². The molecule has 0 aliphatic carbocycles. The molecule has 18 heavy (non-hydrogen) atoms. The smallest absolute Gasteiger partial charge is 0.147 e. The monoisotopic (exact) mass is 245 g/mol. The molecule has 2 nitrogen and oxygen atoms in total. The van der Waals surface area contributed by atoms with Gasteiger partial charge in [0.1, 0.15) is 5.82 Å². The molecule has 94 valence electrons. The van der Waals surface area contributed by atoms with E-state index < -0.39 is 6.10 Å². The molecule has 0 radical (unpaired) electrons. The van der Waals surface area contributed by atoms with Crippen molar-refractivity contribution in [3.05, 3.63) is 59.9 Å². The van der Waals surface area contributed by atoms with Crippen LogP contribution >= 0.6 is 0 Å². The van der Waals surface area contributed by atoms with E-state index in [-0.39, 0.29) is 5.82 Å². The summed E-state index contributed by atoms with van der Waals surface area (Å²) in [4.78, 5) is 1.78. The van der Waals surface area contributed by atoms with Crippen LogP contribution < -0.4 is 4.90 Å². The lowest BCUT2D eigenvalue weighted by atomic mass is 10.1. The lowest BCUT2D eigenvalue weighted by Crippen LogP contribution is -2.11. The van der Waals surface area contributed by atoms with E-state index in [4.69, 9.17) is 0 Å². The quantitative estimate of drug-likeness (QED) is 0.892. The largest absolute Gasteiger partial charge is 0.389 e. The minimum absolute atomic E-state index is 0.334. The third kappa shape index (κ3) is 2.51. The maximum absolute atomic E-state index is 14.0. The average Bonchev–Trinajstić information content (AvgIpc) is 2.38. The Hall–Kier alpha value is -1.87. The highest BCUT2D eigenvalue weighted by Gasteiger charge is 2.11. The normalized spacial score (nSPS) is 12.2. The molecule has 0 heterocycles. The van der Waals surface area contributed by atoms with E-state index in [0.717, 1.165) is 5.69 Å². The van der Waals surface area contributed by atoms with E-state index in [1.165, 1.54) is 6.07 Å². The molecule has 0 bridgehead atoms. The minimum atomic E-state index is -0.657. The standard InChI is InChI=1S/C15H16FNO/c1-11(18)12-8-9-15(14(16)10-12)17(2)13-6-4-3-5-7-13/h3-11,18H,1-2H3/t11-/m0/s1. The third-order valence-electron chi connectivity index (χ3n) is 2.96. The van der Waals surface area contributed by atoms with Crippen LogP contribution in [0.4, 0.5) is 15.8 Å². The highest BCUT2D eigenvalue weighted by atomic mass is 19.1. The summed E-state index contributed by atoms with van der Waals surface area (Å²) in [6, 6.07) is 14.4. The van der Waals surface area contributed by atoms with E-state index in [1.807, 2.05) is 37.4 Å². The first-order chi connectivity index (χ1) is 8.59. The summed E-state index contributed by atoms with van der Waals surface area (Å²) in [5, 5.41) is 9.41. The number of hydrogen-bond acceptors (Lipinski definition) is 2. The Morgan fingerprint density at radius 1 is 1.11 bits per heavy atom. The Kier molecular flexibility index (Phi) is 3.63. The molecule has 0 aliphatic heterocycles. The van der Waals surface area contributed by atoms with E-state index in [2.05, 4.69) is 0 Å². The second kappa shape index (κ2) is 5.19. The molecule has 1 atom stereocenters. The fourth-order valence-corrected chi connectivity index (χ4v) is 1.85. The first-order valence-corrected chi connectivity index (χ1v) is 5.86. The summed E-state index contributed by atoms with van der Waals surface area (Å²) >= 11 is 0. The summed E-state index contributed by atoms with van der Waals surface area (Å²) < 4.78 is 14.0. The summed E-state index contributed by atoms with van der Waals surface area (Å²) in [5.74, 6) is -0.334. The Balaban J connectivity index is 2.34. The molecule has 2 aromatic rings. The number of rotatable bonds is 3. The number of halogens is 1. The zero-order chi connectivity index (χ0) is 13.1. The molecule has 0 fully saturated rings. The third-order valence-corrected chi connectivity index (χ3v) is 2.96. The number of anilines is 2. The van der Waals surface area contributed by atoms with Gasteiger partial charge >= 0.3 is 0 Å². The predicted octanol–water partition coefficient (Wildman–Crippen LogP) is 3.65. The van der Waals surface area contributed by atoms with Crippen molar-refractivity contribution in [1.82, 2.24) is 0 Å². The molecule has 0 aliphatic rings. The highest BCUT2D eigenvalue weighted by Crippen LogP contribution is 2.27. The molecular weight excluding hydrogens is 229 g/mol. The Bertz CT molecular complexity index is 525. The van der Waals surface area contributed by atoms with Crippen molar-refractivity contribution < 1.29 is 9.50 Å². The zero-order valence-electron chi connectivity index (χ0n) is 10.5. The molecule has 0 aromatic heterocycles. The van der Waals surface area contributed by atoms with Crippen LogP contribution in [0.2, 0.25) is 0 Å². The molecular formula is C15H16FNO. The number of hydrogen-bond donors (Lipinski definition) is 1. The second-order valence-electron chi connectivity index (χ2n) is 4.28. The van der Waals surface area contributed by atoms with Gasteiger partial charge in [0.15, 0.2) is 0 Å². The summed E-state index contributed by atoms with van der Waals surface area (Å²) in [5.41, 5.74) is 1.99. The Morgan fingerprint density at radius 3 is 2.33 bits per heavy atom. The van der Waals surface area contributed by atoms with Gasteiger partial charge in [-0.2, -0.15) is 0 Å². The van der Waals surface area contributed by atoms with E-state index >= 15 is 0 Å². The van der Waals surface area contributed by atoms with Crippen molar-refractivity contribution in [1.29, 1.82) is 0 Å². The maximum Gasteiger partial charge on any atom is 0.147 e. The number of aliphatic hydroxyl groups is 1. The molecule has 0 unspecified atom stereocenters. The van der Waals surface area contributed by atoms with Gasteiger partial charge in [-0.15, -0.1) is 0 Å². The number of para-hydroxylation sites is 1. The van der Waals surface area contributed by atoms with E-state index in [1.54, 1.807) is 24.0 Å². The maximum atomic E-state index is 14.0. The number of nitrogens with zero attached hydrogens (tertiary/aromatic N) is 1. The van der Waals surface area contributed by atoms with Gasteiger partial charge in [0.2, 0.25) is 0 Å². The molecule has 2 rings (SSSR count). The van der Waals surface area contributed by atoms with Crippen LogP contribution in [0.5, 0.6) is 0 Å². The van der Waals surface area contributed by atoms with Crippen LogP contribution in [0, 0.1) is 5.82 Å². The second-order valence-corrected chi connectivity index (χ2v) is 4.28. The predicted molar refractivity (Wildman–Crippen MR) is 71.5 cm³/mol. The summed E-state index contributed by atoms with van der Waals surface area (Å²) in [7, 11) is 1.82. The van der Waals surface area contributed by atoms with Crippen molar-refractivity contribution in [2.24, 2.45) is 0 Å². The van der Waals surface area contributed by atoms with Gasteiger partial charge < -0.3 is 10.0 Å². The van der Waals surface area contributed by atoms with Gasteiger partial charge in [-0.1, -0.05) is 24.3 Å². The molecule has 0 spiro atoms. The molecule has 0 saturated heterocycles. The average molecular weight is 245 g/mol. The minimum Gasteiger partial charge on any atom is -0.389 e. The Labute approximate surface area is 106 Å². The van der Waals surface area contributed by atoms with Gasteiger partial charge in [-0.05, 0) is 36.8 Å². The van der Waals surface area contributed by atoms with Crippen LogP contribution in [0.25, 0.3) is 0 Å². The van der Waals surface area contributed by atoms with Crippen molar-refractivity contribution in [2.45, 2.75) is 13.0 Å². The summed E-state index contributed by atoms with van der Waals surface area (Å²) in [6.07, 6.45) is -0.657. The van der Waals surface area contributed by atoms with Gasteiger partial charge in [0.05, 0.1) is 11.8 Å². The van der Waals surface area contributed by atoms with Crippen molar-refractivity contribution in [2.75, 3.05) is 11.9 Å². The zero-order valence-corrected chi connectivity index (χ0v) is 10.5. The fourth-order valence-electron chi connectivity index (χ4n) is 1.85. The Morgan fingerprint density at radius 2 is 1.78 bits per heavy atom. The van der Waals surface area contributed by atoms with Crippen molar-refractivity contribution in [3.63, 3.8) is 0 Å². The number of aliphatic hydroxyl groups excluding tert-OH is 1. The lowest BCUT2D eigenvalue weighted by molar-refractivity contribution is 0.199. The topological polar surface area (TPSA) is 23.5 Å². The van der Waals surface area contributed by atoms with Crippen LogP contribution in [0.3, 0.4) is 0 Å². The lowest BCUT2D eigenvalue weighted by Gasteiger charge is -2.20. The van der Waals surface area contributed by atoms with Gasteiger partial charge in [-0.3, -0.25) is 0 Å². The summed E-state index contributed by atoms with van der Waals surface area (Å²) in [6.45, 7) is 1.62. The van der Waals surface area contributed by atoms with Crippen LogP contribution in [0.1, 0.15) is 18.6 Å².